The maximum absolute atomic E-state index is 11.4. The number of carboxylic acids is 1. The Labute approximate surface area is 110 Å². The monoisotopic (exact) mass is 251 g/mol. The lowest BCUT2D eigenvalue weighted by atomic mass is 9.94. The molecule has 1 aliphatic carbocycles. The van der Waals surface area contributed by atoms with Crippen LogP contribution in [0.4, 0.5) is 0 Å². The summed E-state index contributed by atoms with van der Waals surface area (Å²) in [6.07, 6.45) is 10.1. The van der Waals surface area contributed by atoms with Crippen molar-refractivity contribution < 1.29 is 9.90 Å². The average Bonchev–Trinajstić information content (AvgIpc) is 2.87. The summed E-state index contributed by atoms with van der Waals surface area (Å²) in [4.78, 5) is 13.7. The van der Waals surface area contributed by atoms with E-state index in [1.54, 1.807) is 0 Å². The molecule has 3 nitrogen and oxygen atoms in total. The number of unbranched alkanes of at least 4 members (excludes halogenated alkanes) is 3. The van der Waals surface area contributed by atoms with Gasteiger partial charge < -0.3 is 5.11 Å². The van der Waals surface area contributed by atoms with E-state index in [2.05, 4.69) is 11.5 Å². The fourth-order valence-corrected chi connectivity index (χ4v) is 3.74. The Morgan fingerprint density at radius 1 is 1.33 bits per heavy atom. The third-order valence-electron chi connectivity index (χ3n) is 4.59. The van der Waals surface area contributed by atoms with E-state index in [4.69, 9.17) is 0 Å². The maximum Gasteiger partial charge on any atom is 0.321 e. The van der Waals surface area contributed by atoms with E-state index in [9.17, 15) is 9.90 Å². The highest BCUT2D eigenvalue weighted by Crippen LogP contribution is 2.42. The molecule has 1 saturated heterocycles. The van der Waals surface area contributed by atoms with Crippen LogP contribution in [0.5, 0.6) is 0 Å². The fourth-order valence-electron chi connectivity index (χ4n) is 3.74. The van der Waals surface area contributed by atoms with E-state index < -0.39 is 5.97 Å². The molecule has 18 heavy (non-hydrogen) atoms. The van der Waals surface area contributed by atoms with Gasteiger partial charge in [0.15, 0.2) is 0 Å². The van der Waals surface area contributed by atoms with Gasteiger partial charge in [-0.25, -0.2) is 0 Å². The van der Waals surface area contributed by atoms with Crippen molar-refractivity contribution in [2.75, 3.05) is 13.1 Å². The minimum atomic E-state index is -0.601. The molecule has 1 saturated carbocycles. The second-order valence-electron chi connectivity index (χ2n) is 5.77. The molecule has 0 bridgehead atoms. The number of fused-ring (bicyclic) bond motifs is 1. The molecule has 102 valence electrons. The van der Waals surface area contributed by atoms with Crippen LogP contribution < -0.4 is 0 Å². The van der Waals surface area contributed by atoms with Gasteiger partial charge in [-0.1, -0.05) is 18.9 Å². The van der Waals surface area contributed by atoms with E-state index in [1.807, 2.05) is 6.08 Å². The van der Waals surface area contributed by atoms with Crippen molar-refractivity contribution >= 4 is 5.97 Å². The Morgan fingerprint density at radius 2 is 2.17 bits per heavy atom. The number of allylic oxidation sites excluding steroid dienone is 1. The fraction of sp³-hybridized carbons (Fsp3) is 0.800. The van der Waals surface area contributed by atoms with Crippen LogP contribution in [0.1, 0.15) is 44.9 Å². The van der Waals surface area contributed by atoms with Crippen LogP contribution in [0.2, 0.25) is 0 Å². The summed E-state index contributed by atoms with van der Waals surface area (Å²) < 4.78 is 0. The van der Waals surface area contributed by atoms with Crippen LogP contribution in [0, 0.1) is 11.8 Å². The van der Waals surface area contributed by atoms with Gasteiger partial charge in [-0.05, 0) is 50.5 Å². The summed E-state index contributed by atoms with van der Waals surface area (Å²) in [6.45, 7) is 5.70. The number of hydrogen-bond acceptors (Lipinski definition) is 2. The van der Waals surface area contributed by atoms with Crippen LogP contribution >= 0.6 is 0 Å². The number of hydrogen-bond donors (Lipinski definition) is 1. The van der Waals surface area contributed by atoms with Gasteiger partial charge in [0.05, 0.1) is 0 Å². The Kier molecular flexibility index (Phi) is 4.81. The summed E-state index contributed by atoms with van der Waals surface area (Å²) >= 11 is 0. The van der Waals surface area contributed by atoms with Crippen molar-refractivity contribution in [1.82, 2.24) is 4.90 Å². The number of likely N-dealkylation sites (tertiary alicyclic amines) is 1. The normalized spacial score (nSPS) is 31.4. The van der Waals surface area contributed by atoms with Gasteiger partial charge in [-0.15, -0.1) is 6.58 Å². The molecule has 2 fully saturated rings. The van der Waals surface area contributed by atoms with Gasteiger partial charge in [0.2, 0.25) is 0 Å². The highest BCUT2D eigenvalue weighted by atomic mass is 16.4. The Balaban J connectivity index is 1.80. The van der Waals surface area contributed by atoms with Gasteiger partial charge in [0, 0.05) is 6.54 Å². The molecule has 1 aliphatic heterocycles. The molecular weight excluding hydrogens is 226 g/mol. The van der Waals surface area contributed by atoms with E-state index in [-0.39, 0.29) is 6.04 Å². The predicted molar refractivity (Wildman–Crippen MR) is 72.5 cm³/mol. The molecule has 1 N–H and O–H groups in total. The topological polar surface area (TPSA) is 40.5 Å². The van der Waals surface area contributed by atoms with Crippen molar-refractivity contribution in [3.8, 4) is 0 Å². The standard InChI is InChI=1S/C15H25NO2/c1-2-3-4-5-6-10-16-11-12-8-7-9-13(12)14(16)15(17)18/h2,12-14H,1,3-11H2,(H,17,18). The lowest BCUT2D eigenvalue weighted by Crippen LogP contribution is -2.40. The highest BCUT2D eigenvalue weighted by Gasteiger charge is 2.47. The van der Waals surface area contributed by atoms with Crippen LogP contribution in [0.3, 0.4) is 0 Å². The minimum absolute atomic E-state index is 0.197. The minimum Gasteiger partial charge on any atom is -0.480 e. The molecule has 0 aromatic carbocycles. The van der Waals surface area contributed by atoms with Crippen molar-refractivity contribution in [3.63, 3.8) is 0 Å². The van der Waals surface area contributed by atoms with Crippen molar-refractivity contribution in [2.24, 2.45) is 11.8 Å². The third-order valence-corrected chi connectivity index (χ3v) is 4.59. The number of rotatable bonds is 7. The Morgan fingerprint density at radius 3 is 2.89 bits per heavy atom. The molecule has 0 aromatic heterocycles. The predicted octanol–water partition coefficient (Wildman–Crippen LogP) is 2.92. The van der Waals surface area contributed by atoms with E-state index >= 15 is 0 Å². The summed E-state index contributed by atoms with van der Waals surface area (Å²) in [5, 5.41) is 9.42. The lowest BCUT2D eigenvalue weighted by molar-refractivity contribution is -0.143. The lowest BCUT2D eigenvalue weighted by Gasteiger charge is -2.24. The number of aliphatic carboxylic acids is 1. The molecular formula is C15H25NO2. The smallest absolute Gasteiger partial charge is 0.321 e. The number of carboxylic acid groups (broad SMARTS) is 1. The summed E-state index contributed by atoms with van der Waals surface area (Å²) in [6, 6.07) is -0.197. The molecule has 0 amide bonds. The van der Waals surface area contributed by atoms with Crippen LogP contribution in [-0.2, 0) is 4.79 Å². The van der Waals surface area contributed by atoms with Crippen LogP contribution in [-0.4, -0.2) is 35.1 Å². The second-order valence-corrected chi connectivity index (χ2v) is 5.77. The molecule has 3 atom stereocenters. The molecule has 2 rings (SSSR count). The largest absolute Gasteiger partial charge is 0.480 e. The zero-order valence-electron chi connectivity index (χ0n) is 11.2. The van der Waals surface area contributed by atoms with E-state index in [0.717, 1.165) is 32.4 Å². The van der Waals surface area contributed by atoms with E-state index in [0.29, 0.717) is 11.8 Å². The van der Waals surface area contributed by atoms with Gasteiger partial charge >= 0.3 is 5.97 Å². The first-order valence-electron chi connectivity index (χ1n) is 7.31. The molecule has 0 radical (unpaired) electrons. The molecule has 2 aliphatic rings. The first kappa shape index (κ1) is 13.6. The Bertz CT molecular complexity index is 303. The first-order valence-corrected chi connectivity index (χ1v) is 7.31. The zero-order chi connectivity index (χ0) is 13.0. The highest BCUT2D eigenvalue weighted by molar-refractivity contribution is 5.74. The summed E-state index contributed by atoms with van der Waals surface area (Å²) in [7, 11) is 0. The molecule has 3 heteroatoms. The van der Waals surface area contributed by atoms with Crippen LogP contribution in [0.15, 0.2) is 12.7 Å². The average molecular weight is 251 g/mol. The third kappa shape index (κ3) is 2.94. The molecule has 0 spiro atoms. The number of carbonyl (C=O) groups is 1. The van der Waals surface area contributed by atoms with Gasteiger partial charge in [0.25, 0.3) is 0 Å². The van der Waals surface area contributed by atoms with E-state index in [1.165, 1.54) is 25.7 Å². The van der Waals surface area contributed by atoms with Crippen LogP contribution in [0.25, 0.3) is 0 Å². The summed E-state index contributed by atoms with van der Waals surface area (Å²) in [5.41, 5.74) is 0. The zero-order valence-corrected chi connectivity index (χ0v) is 11.2. The molecule has 0 aromatic rings. The summed E-state index contributed by atoms with van der Waals surface area (Å²) in [5.74, 6) is 0.477. The second kappa shape index (κ2) is 6.37. The SMILES string of the molecule is C=CCCCCCN1CC2CCCC2C1C(=O)O. The van der Waals surface area contributed by atoms with Gasteiger partial charge in [0.1, 0.15) is 6.04 Å². The molecule has 3 unspecified atom stereocenters. The number of nitrogens with zero attached hydrogens (tertiary/aromatic N) is 1. The quantitative estimate of drug-likeness (QED) is 0.558. The van der Waals surface area contributed by atoms with Gasteiger partial charge in [-0.2, -0.15) is 0 Å². The first-order chi connectivity index (χ1) is 8.74. The van der Waals surface area contributed by atoms with Crippen molar-refractivity contribution in [1.29, 1.82) is 0 Å². The Hall–Kier alpha value is -0.830. The maximum atomic E-state index is 11.4. The molecule has 1 heterocycles. The van der Waals surface area contributed by atoms with Gasteiger partial charge in [-0.3, -0.25) is 9.69 Å². The van der Waals surface area contributed by atoms with Crippen molar-refractivity contribution in [3.05, 3.63) is 12.7 Å². The van der Waals surface area contributed by atoms with Crippen molar-refractivity contribution in [2.45, 2.75) is 51.0 Å².